The van der Waals surface area contributed by atoms with Crippen molar-refractivity contribution in [2.24, 2.45) is 0 Å². The highest BCUT2D eigenvalue weighted by Gasteiger charge is 2.43. The summed E-state index contributed by atoms with van der Waals surface area (Å²) in [4.78, 5) is 0. The van der Waals surface area contributed by atoms with Gasteiger partial charge in [-0.15, -0.1) is 0 Å². The number of benzene rings is 1. The van der Waals surface area contributed by atoms with Crippen molar-refractivity contribution in [1.82, 2.24) is 5.32 Å². The van der Waals surface area contributed by atoms with E-state index in [1.54, 1.807) is 0 Å². The lowest BCUT2D eigenvalue weighted by molar-refractivity contribution is 0.0472. The quantitative estimate of drug-likeness (QED) is 0.844. The lowest BCUT2D eigenvalue weighted by atomic mass is 9.72. The van der Waals surface area contributed by atoms with Gasteiger partial charge in [0.25, 0.3) is 0 Å². The number of hydrogen-bond donors (Lipinski definition) is 1. The van der Waals surface area contributed by atoms with Gasteiger partial charge >= 0.3 is 0 Å². The third kappa shape index (κ3) is 2.00. The van der Waals surface area contributed by atoms with Gasteiger partial charge in [-0.3, -0.25) is 0 Å². The number of morpholine rings is 1. The van der Waals surface area contributed by atoms with E-state index in [4.69, 9.17) is 4.74 Å². The molecular formula is C15H21NO. The minimum Gasteiger partial charge on any atom is -0.378 e. The van der Waals surface area contributed by atoms with Gasteiger partial charge < -0.3 is 10.1 Å². The molecule has 1 unspecified atom stereocenters. The predicted molar refractivity (Wildman–Crippen MR) is 69.2 cm³/mol. The van der Waals surface area contributed by atoms with Crippen LogP contribution in [0.2, 0.25) is 0 Å². The molecule has 1 aromatic rings. The van der Waals surface area contributed by atoms with Gasteiger partial charge in [0.2, 0.25) is 0 Å². The number of nitrogens with one attached hydrogen (secondary N) is 1. The molecule has 1 atom stereocenters. The summed E-state index contributed by atoms with van der Waals surface area (Å²) in [5, 5.41) is 3.68. The van der Waals surface area contributed by atoms with Gasteiger partial charge in [0.1, 0.15) is 0 Å². The van der Waals surface area contributed by atoms with Gasteiger partial charge in [0.15, 0.2) is 0 Å². The first-order valence-electron chi connectivity index (χ1n) is 6.78. The third-order valence-electron chi connectivity index (χ3n) is 4.43. The van der Waals surface area contributed by atoms with Gasteiger partial charge in [0, 0.05) is 18.0 Å². The summed E-state index contributed by atoms with van der Waals surface area (Å²) >= 11 is 0. The van der Waals surface area contributed by atoms with Crippen molar-refractivity contribution in [3.8, 4) is 0 Å². The maximum absolute atomic E-state index is 5.68. The third-order valence-corrected chi connectivity index (χ3v) is 4.43. The van der Waals surface area contributed by atoms with Crippen molar-refractivity contribution in [1.29, 1.82) is 0 Å². The number of ether oxygens (including phenoxy) is 1. The van der Waals surface area contributed by atoms with E-state index >= 15 is 0 Å². The fraction of sp³-hybridized carbons (Fsp3) is 0.600. The summed E-state index contributed by atoms with van der Waals surface area (Å²) in [6, 6.07) is 11.5. The minimum atomic E-state index is 0.321. The summed E-state index contributed by atoms with van der Waals surface area (Å²) in [5.41, 5.74) is 1.82. The van der Waals surface area contributed by atoms with E-state index in [0.29, 0.717) is 11.5 Å². The zero-order chi connectivity index (χ0) is 11.6. The zero-order valence-electron chi connectivity index (χ0n) is 10.3. The minimum absolute atomic E-state index is 0.321. The molecule has 1 aromatic carbocycles. The molecule has 0 bridgehead atoms. The molecule has 0 spiro atoms. The van der Waals surface area contributed by atoms with Crippen LogP contribution in [0.4, 0.5) is 0 Å². The SMILES string of the molecule is c1ccc(C2(C3COCCN3)CCCC2)cc1. The van der Waals surface area contributed by atoms with Gasteiger partial charge in [-0.1, -0.05) is 43.2 Å². The van der Waals surface area contributed by atoms with E-state index < -0.39 is 0 Å². The predicted octanol–water partition coefficient (Wildman–Crippen LogP) is 2.49. The Kier molecular flexibility index (Phi) is 3.17. The molecule has 1 aliphatic carbocycles. The summed E-state index contributed by atoms with van der Waals surface area (Å²) in [6.07, 6.45) is 5.32. The Morgan fingerprint density at radius 3 is 2.53 bits per heavy atom. The molecule has 2 fully saturated rings. The van der Waals surface area contributed by atoms with E-state index in [9.17, 15) is 0 Å². The number of hydrogen-bond acceptors (Lipinski definition) is 2. The van der Waals surface area contributed by atoms with Crippen LogP contribution in [0.5, 0.6) is 0 Å². The van der Waals surface area contributed by atoms with Crippen LogP contribution in [-0.4, -0.2) is 25.8 Å². The molecule has 1 N–H and O–H groups in total. The molecule has 1 saturated carbocycles. The second kappa shape index (κ2) is 4.79. The van der Waals surface area contributed by atoms with Crippen molar-refractivity contribution in [2.75, 3.05) is 19.8 Å². The molecule has 2 nitrogen and oxygen atoms in total. The largest absolute Gasteiger partial charge is 0.378 e. The molecule has 0 radical (unpaired) electrons. The fourth-order valence-corrected chi connectivity index (χ4v) is 3.53. The van der Waals surface area contributed by atoms with Crippen LogP contribution >= 0.6 is 0 Å². The smallest absolute Gasteiger partial charge is 0.0629 e. The molecule has 92 valence electrons. The maximum Gasteiger partial charge on any atom is 0.0629 e. The summed E-state index contributed by atoms with van der Waals surface area (Å²) < 4.78 is 5.68. The summed E-state index contributed by atoms with van der Waals surface area (Å²) in [7, 11) is 0. The second-order valence-electron chi connectivity index (χ2n) is 5.31. The highest BCUT2D eigenvalue weighted by atomic mass is 16.5. The van der Waals surface area contributed by atoms with Crippen LogP contribution in [-0.2, 0) is 10.2 Å². The number of rotatable bonds is 2. The first kappa shape index (κ1) is 11.2. The Labute approximate surface area is 103 Å². The van der Waals surface area contributed by atoms with E-state index in [1.165, 1.54) is 31.2 Å². The Bertz CT molecular complexity index is 350. The Morgan fingerprint density at radius 2 is 1.88 bits per heavy atom. The first-order valence-corrected chi connectivity index (χ1v) is 6.78. The summed E-state index contributed by atoms with van der Waals surface area (Å²) in [5.74, 6) is 0. The molecule has 1 aliphatic heterocycles. The van der Waals surface area contributed by atoms with Crippen LogP contribution in [0, 0.1) is 0 Å². The van der Waals surface area contributed by atoms with Crippen molar-refractivity contribution in [3.63, 3.8) is 0 Å². The van der Waals surface area contributed by atoms with Crippen LogP contribution in [0.3, 0.4) is 0 Å². The molecule has 17 heavy (non-hydrogen) atoms. The van der Waals surface area contributed by atoms with Gasteiger partial charge in [-0.2, -0.15) is 0 Å². The van der Waals surface area contributed by atoms with Crippen LogP contribution in [0.25, 0.3) is 0 Å². The zero-order valence-corrected chi connectivity index (χ0v) is 10.3. The highest BCUT2D eigenvalue weighted by molar-refractivity contribution is 5.29. The van der Waals surface area contributed by atoms with Crippen molar-refractivity contribution in [3.05, 3.63) is 35.9 Å². The van der Waals surface area contributed by atoms with Crippen LogP contribution in [0.15, 0.2) is 30.3 Å². The summed E-state index contributed by atoms with van der Waals surface area (Å²) in [6.45, 7) is 2.73. The average molecular weight is 231 g/mol. The van der Waals surface area contributed by atoms with Gasteiger partial charge in [-0.05, 0) is 18.4 Å². The molecule has 2 aliphatic rings. The molecule has 1 saturated heterocycles. The lowest BCUT2D eigenvalue weighted by Gasteiger charge is -2.40. The fourth-order valence-electron chi connectivity index (χ4n) is 3.53. The van der Waals surface area contributed by atoms with Crippen molar-refractivity contribution < 1.29 is 4.74 Å². The van der Waals surface area contributed by atoms with E-state index in [2.05, 4.69) is 35.6 Å². The van der Waals surface area contributed by atoms with E-state index in [-0.39, 0.29) is 0 Å². The monoisotopic (exact) mass is 231 g/mol. The van der Waals surface area contributed by atoms with E-state index in [0.717, 1.165) is 19.8 Å². The standard InChI is InChI=1S/C15H21NO/c1-2-6-13(7-3-1)15(8-4-5-9-15)14-12-17-11-10-16-14/h1-3,6-7,14,16H,4-5,8-12H2. The first-order chi connectivity index (χ1) is 8.42. The molecule has 3 rings (SSSR count). The van der Waals surface area contributed by atoms with E-state index in [1.807, 2.05) is 0 Å². The Morgan fingerprint density at radius 1 is 1.12 bits per heavy atom. The molecule has 2 heteroatoms. The van der Waals surface area contributed by atoms with Gasteiger partial charge in [-0.25, -0.2) is 0 Å². The Balaban J connectivity index is 1.92. The molecular weight excluding hydrogens is 210 g/mol. The van der Waals surface area contributed by atoms with Gasteiger partial charge in [0.05, 0.1) is 13.2 Å². The van der Waals surface area contributed by atoms with Crippen molar-refractivity contribution in [2.45, 2.75) is 37.1 Å². The molecule has 1 heterocycles. The highest BCUT2D eigenvalue weighted by Crippen LogP contribution is 2.44. The average Bonchev–Trinajstić information content (AvgIpc) is 2.91. The Hall–Kier alpha value is -0.860. The van der Waals surface area contributed by atoms with Crippen molar-refractivity contribution >= 4 is 0 Å². The molecule has 0 aromatic heterocycles. The molecule has 0 amide bonds. The van der Waals surface area contributed by atoms with Crippen LogP contribution < -0.4 is 5.32 Å². The second-order valence-corrected chi connectivity index (χ2v) is 5.31. The normalized spacial score (nSPS) is 28.1. The van der Waals surface area contributed by atoms with Crippen LogP contribution in [0.1, 0.15) is 31.2 Å². The lowest BCUT2D eigenvalue weighted by Crippen LogP contribution is -2.53. The topological polar surface area (TPSA) is 21.3 Å². The maximum atomic E-state index is 5.68.